The van der Waals surface area contributed by atoms with E-state index in [0.29, 0.717) is 22.2 Å². The fourth-order valence-electron chi connectivity index (χ4n) is 3.28. The molecule has 0 aliphatic rings. The molecule has 3 aromatic carbocycles. The van der Waals surface area contributed by atoms with E-state index < -0.39 is 0 Å². The number of carbonyl (C=O) groups is 1. The van der Waals surface area contributed by atoms with Gasteiger partial charge in [-0.3, -0.25) is 4.79 Å². The monoisotopic (exact) mass is 461 g/mol. The van der Waals surface area contributed by atoms with Crippen LogP contribution in [0.3, 0.4) is 0 Å². The Balaban J connectivity index is 1.79. The second-order valence-electron chi connectivity index (χ2n) is 7.14. The Morgan fingerprint density at radius 3 is 2.48 bits per heavy atom. The molecular weight excluding hydrogens is 438 g/mol. The molecule has 0 spiro atoms. The van der Waals surface area contributed by atoms with Gasteiger partial charge in [-0.05, 0) is 66.6 Å². The Morgan fingerprint density at radius 2 is 1.79 bits per heavy atom. The summed E-state index contributed by atoms with van der Waals surface area (Å²) in [5.74, 6) is 1.16. The van der Waals surface area contributed by atoms with Gasteiger partial charge in [0.05, 0.1) is 43.3 Å². The second kappa shape index (κ2) is 9.70. The number of fused-ring (bicyclic) bond motifs is 1. The van der Waals surface area contributed by atoms with Crippen molar-refractivity contribution in [1.29, 1.82) is 0 Å². The van der Waals surface area contributed by atoms with Crippen LogP contribution in [-0.2, 0) is 0 Å². The summed E-state index contributed by atoms with van der Waals surface area (Å²) < 4.78 is 17.0. The molecule has 7 nitrogen and oxygen atoms in total. The highest BCUT2D eigenvalue weighted by Gasteiger charge is 2.25. The maximum Gasteiger partial charge on any atom is 0.284 e. The second-order valence-corrected chi connectivity index (χ2v) is 8.15. The van der Waals surface area contributed by atoms with E-state index in [4.69, 9.17) is 14.2 Å². The van der Waals surface area contributed by atoms with Crippen LogP contribution in [0, 0.1) is 6.92 Å². The number of amides is 1. The molecule has 4 aromatic rings. The number of thiazole rings is 1. The summed E-state index contributed by atoms with van der Waals surface area (Å²) in [5.41, 5.74) is 3.05. The Kier molecular flexibility index (Phi) is 6.55. The smallest absolute Gasteiger partial charge is 0.284 e. The van der Waals surface area contributed by atoms with Crippen LogP contribution in [0.1, 0.15) is 21.5 Å². The summed E-state index contributed by atoms with van der Waals surface area (Å²) in [7, 11) is 4.64. The number of nitrogens with zero attached hydrogens (tertiary/aromatic N) is 3. The molecule has 0 N–H and O–H groups in total. The van der Waals surface area contributed by atoms with Gasteiger partial charge in [0.2, 0.25) is 5.13 Å². The first kappa shape index (κ1) is 22.3. The number of aryl methyl sites for hydroxylation is 1. The Labute approximate surface area is 195 Å². The van der Waals surface area contributed by atoms with Crippen LogP contribution in [0.5, 0.6) is 17.2 Å². The average Bonchev–Trinajstić information content (AvgIpc) is 3.26. The van der Waals surface area contributed by atoms with Crippen LogP contribution >= 0.6 is 11.3 Å². The van der Waals surface area contributed by atoms with Gasteiger partial charge in [-0.1, -0.05) is 23.5 Å². The van der Waals surface area contributed by atoms with E-state index in [1.807, 2.05) is 49.4 Å². The van der Waals surface area contributed by atoms with Crippen LogP contribution in [0.4, 0.5) is 5.13 Å². The van der Waals surface area contributed by atoms with Crippen molar-refractivity contribution in [2.45, 2.75) is 6.92 Å². The molecule has 0 atom stereocenters. The van der Waals surface area contributed by atoms with Gasteiger partial charge in [0.1, 0.15) is 5.75 Å². The number of hydrogen-bond acceptors (Lipinski definition) is 7. The minimum Gasteiger partial charge on any atom is -0.497 e. The van der Waals surface area contributed by atoms with E-state index in [-0.39, 0.29) is 5.91 Å². The number of rotatable bonds is 7. The van der Waals surface area contributed by atoms with Crippen LogP contribution in [0.15, 0.2) is 65.8 Å². The summed E-state index contributed by atoms with van der Waals surface area (Å²) >= 11 is 1.40. The SMILES string of the molecule is COc1ccc(/C=N/N(C(=O)c2cccc(OC)c2OC)c2nc3ccc(C)cc3s2)cc1. The number of ether oxygens (including phenoxy) is 3. The molecule has 0 radical (unpaired) electrons. The number of hydrogen-bond donors (Lipinski definition) is 0. The van der Waals surface area contributed by atoms with E-state index in [2.05, 4.69) is 10.1 Å². The summed E-state index contributed by atoms with van der Waals surface area (Å²) in [4.78, 5) is 18.3. The van der Waals surface area contributed by atoms with Crippen molar-refractivity contribution >= 4 is 38.8 Å². The molecule has 1 heterocycles. The Hall–Kier alpha value is -3.91. The molecule has 8 heteroatoms. The molecule has 0 saturated carbocycles. The minimum absolute atomic E-state index is 0.319. The van der Waals surface area contributed by atoms with Crippen LogP contribution in [-0.4, -0.2) is 38.4 Å². The van der Waals surface area contributed by atoms with Crippen molar-refractivity contribution in [3.63, 3.8) is 0 Å². The summed E-state index contributed by atoms with van der Waals surface area (Å²) in [5, 5.41) is 6.26. The first-order chi connectivity index (χ1) is 16.0. The van der Waals surface area contributed by atoms with Crippen LogP contribution in [0.25, 0.3) is 10.2 Å². The molecule has 0 bridgehead atoms. The van der Waals surface area contributed by atoms with Crippen molar-refractivity contribution in [2.24, 2.45) is 5.10 Å². The lowest BCUT2D eigenvalue weighted by molar-refractivity contribution is 0.0984. The van der Waals surface area contributed by atoms with Crippen LogP contribution in [0.2, 0.25) is 0 Å². The van der Waals surface area contributed by atoms with Crippen molar-refractivity contribution in [1.82, 2.24) is 4.98 Å². The summed E-state index contributed by atoms with van der Waals surface area (Å²) in [6, 6.07) is 18.5. The quantitative estimate of drug-likeness (QED) is 0.275. The number of hydrazone groups is 1. The number of carbonyl (C=O) groups excluding carboxylic acids is 1. The molecule has 4 rings (SSSR count). The molecule has 33 heavy (non-hydrogen) atoms. The zero-order chi connectivity index (χ0) is 23.4. The molecule has 1 amide bonds. The number of anilines is 1. The normalized spacial score (nSPS) is 11.0. The largest absolute Gasteiger partial charge is 0.497 e. The number of methoxy groups -OCH3 is 3. The highest BCUT2D eigenvalue weighted by molar-refractivity contribution is 7.22. The van der Waals surface area contributed by atoms with Gasteiger partial charge in [-0.2, -0.15) is 10.1 Å². The lowest BCUT2D eigenvalue weighted by Crippen LogP contribution is -2.26. The number of aromatic nitrogens is 1. The van der Waals surface area contributed by atoms with Gasteiger partial charge in [-0.15, -0.1) is 0 Å². The number of benzene rings is 3. The van der Waals surface area contributed by atoms with Gasteiger partial charge < -0.3 is 14.2 Å². The Bertz CT molecular complexity index is 1320. The third-order valence-electron chi connectivity index (χ3n) is 4.98. The van der Waals surface area contributed by atoms with E-state index in [1.165, 1.54) is 30.6 Å². The number of para-hydroxylation sites is 1. The van der Waals surface area contributed by atoms with E-state index >= 15 is 0 Å². The molecule has 168 valence electrons. The molecule has 0 saturated heterocycles. The fourth-order valence-corrected chi connectivity index (χ4v) is 4.30. The predicted octanol–water partition coefficient (Wildman–Crippen LogP) is 5.31. The molecule has 0 aliphatic carbocycles. The Morgan fingerprint density at radius 1 is 1.00 bits per heavy atom. The summed E-state index contributed by atoms with van der Waals surface area (Å²) in [6.45, 7) is 2.02. The fraction of sp³-hybridized carbons (Fsp3) is 0.160. The van der Waals surface area contributed by atoms with E-state index in [9.17, 15) is 4.79 Å². The predicted molar refractivity (Wildman–Crippen MR) is 131 cm³/mol. The third kappa shape index (κ3) is 4.65. The van der Waals surface area contributed by atoms with Crippen molar-refractivity contribution in [2.75, 3.05) is 26.3 Å². The zero-order valence-corrected chi connectivity index (χ0v) is 19.6. The first-order valence-electron chi connectivity index (χ1n) is 10.1. The molecule has 0 fully saturated rings. The van der Waals surface area contributed by atoms with Gasteiger partial charge in [0.25, 0.3) is 5.91 Å². The van der Waals surface area contributed by atoms with Crippen molar-refractivity contribution in [3.8, 4) is 17.2 Å². The highest BCUT2D eigenvalue weighted by atomic mass is 32.1. The summed E-state index contributed by atoms with van der Waals surface area (Å²) in [6.07, 6.45) is 1.61. The third-order valence-corrected chi connectivity index (χ3v) is 5.97. The van der Waals surface area contributed by atoms with Gasteiger partial charge >= 0.3 is 0 Å². The standard InChI is InChI=1S/C25H23N3O4S/c1-16-8-13-20-22(14-16)33-25(27-20)28(26-15-17-9-11-18(30-2)12-10-17)24(29)19-6-5-7-21(31-3)23(19)32-4/h5-15H,1-4H3/b26-15+. The maximum absolute atomic E-state index is 13.7. The average molecular weight is 462 g/mol. The van der Waals surface area contributed by atoms with E-state index in [1.54, 1.807) is 31.5 Å². The maximum atomic E-state index is 13.7. The van der Waals surface area contributed by atoms with Crippen molar-refractivity contribution in [3.05, 3.63) is 77.4 Å². The molecule has 0 unspecified atom stereocenters. The molecule has 1 aromatic heterocycles. The lowest BCUT2D eigenvalue weighted by Gasteiger charge is -2.17. The van der Waals surface area contributed by atoms with Crippen molar-refractivity contribution < 1.29 is 19.0 Å². The molecular formula is C25H23N3O4S. The van der Waals surface area contributed by atoms with Gasteiger partial charge in [-0.25, -0.2) is 4.98 Å². The van der Waals surface area contributed by atoms with Gasteiger partial charge in [0, 0.05) is 0 Å². The minimum atomic E-state index is -0.383. The van der Waals surface area contributed by atoms with E-state index in [0.717, 1.165) is 27.1 Å². The van der Waals surface area contributed by atoms with Gasteiger partial charge in [0.15, 0.2) is 11.5 Å². The first-order valence-corrected chi connectivity index (χ1v) is 11.0. The molecule has 0 aliphatic heterocycles. The topological polar surface area (TPSA) is 73.2 Å². The lowest BCUT2D eigenvalue weighted by atomic mass is 10.1. The highest BCUT2D eigenvalue weighted by Crippen LogP contribution is 2.35. The van der Waals surface area contributed by atoms with Crippen LogP contribution < -0.4 is 19.2 Å². The zero-order valence-electron chi connectivity index (χ0n) is 18.7.